The quantitative estimate of drug-likeness (QED) is 0.827. The summed E-state index contributed by atoms with van der Waals surface area (Å²) in [6.07, 6.45) is 0. The smallest absolute Gasteiger partial charge is 0.225 e. The van der Waals surface area contributed by atoms with E-state index < -0.39 is 0 Å². The molecule has 0 bridgehead atoms. The summed E-state index contributed by atoms with van der Waals surface area (Å²) < 4.78 is 10.5. The highest BCUT2D eigenvalue weighted by Gasteiger charge is 2.24. The summed E-state index contributed by atoms with van der Waals surface area (Å²) in [4.78, 5) is 11.8. The number of carbonyl (C=O) groups excluding carboxylic acids is 1. The minimum Gasteiger partial charge on any atom is -0.493 e. The Balaban J connectivity index is 2.04. The molecule has 0 saturated carbocycles. The average molecular weight is 264 g/mol. The zero-order chi connectivity index (χ0) is 13.8. The Bertz CT molecular complexity index is 470. The molecule has 1 aromatic rings. The van der Waals surface area contributed by atoms with Crippen LogP contribution >= 0.6 is 0 Å². The van der Waals surface area contributed by atoms with E-state index in [4.69, 9.17) is 9.47 Å². The fourth-order valence-corrected chi connectivity index (χ4v) is 2.01. The number of carbonyl (C=O) groups is 1. The lowest BCUT2D eigenvalue weighted by Crippen LogP contribution is -2.50. The topological polar surface area (TPSA) is 59.6 Å². The molecule has 1 amide bonds. The second kappa shape index (κ2) is 5.93. The van der Waals surface area contributed by atoms with Gasteiger partial charge in [0.15, 0.2) is 11.5 Å². The van der Waals surface area contributed by atoms with E-state index in [0.29, 0.717) is 18.0 Å². The minimum absolute atomic E-state index is 0.105. The highest BCUT2D eigenvalue weighted by Crippen LogP contribution is 2.30. The van der Waals surface area contributed by atoms with E-state index in [1.54, 1.807) is 14.2 Å². The summed E-state index contributed by atoms with van der Waals surface area (Å²) in [5.74, 6) is 1.61. The Kier molecular flexibility index (Phi) is 4.27. The van der Waals surface area contributed by atoms with Crippen molar-refractivity contribution in [1.82, 2.24) is 10.6 Å². The lowest BCUT2D eigenvalue weighted by Gasteiger charge is -2.26. The maximum atomic E-state index is 11.8. The molecular weight excluding hydrogens is 244 g/mol. The molecule has 5 nitrogen and oxygen atoms in total. The molecule has 1 fully saturated rings. The van der Waals surface area contributed by atoms with E-state index in [-0.39, 0.29) is 11.8 Å². The van der Waals surface area contributed by atoms with E-state index in [1.807, 2.05) is 19.1 Å². The first-order valence-corrected chi connectivity index (χ1v) is 6.35. The van der Waals surface area contributed by atoms with Crippen molar-refractivity contribution in [3.05, 3.63) is 23.3 Å². The van der Waals surface area contributed by atoms with Crippen LogP contribution in [-0.4, -0.2) is 33.2 Å². The first-order valence-electron chi connectivity index (χ1n) is 6.35. The predicted octanol–water partition coefficient (Wildman–Crippen LogP) is 0.848. The number of hydrogen-bond acceptors (Lipinski definition) is 4. The number of aryl methyl sites for hydroxylation is 1. The zero-order valence-electron chi connectivity index (χ0n) is 11.6. The zero-order valence-corrected chi connectivity index (χ0v) is 11.6. The number of benzene rings is 1. The van der Waals surface area contributed by atoms with Crippen molar-refractivity contribution in [3.8, 4) is 11.5 Å². The maximum absolute atomic E-state index is 11.8. The van der Waals surface area contributed by atoms with E-state index in [1.165, 1.54) is 0 Å². The van der Waals surface area contributed by atoms with Crippen LogP contribution in [0.4, 0.5) is 0 Å². The highest BCUT2D eigenvalue weighted by atomic mass is 16.5. The molecule has 1 aromatic carbocycles. The molecule has 1 aliphatic rings. The van der Waals surface area contributed by atoms with Gasteiger partial charge in [0.25, 0.3) is 0 Å². The van der Waals surface area contributed by atoms with Crippen LogP contribution in [0.3, 0.4) is 0 Å². The van der Waals surface area contributed by atoms with Gasteiger partial charge in [-0.2, -0.15) is 0 Å². The molecular formula is C14H20N2O3. The van der Waals surface area contributed by atoms with Crippen LogP contribution in [0, 0.1) is 12.8 Å². The van der Waals surface area contributed by atoms with Gasteiger partial charge in [-0.05, 0) is 30.2 Å². The first kappa shape index (κ1) is 13.7. The second-order valence-electron chi connectivity index (χ2n) is 4.71. The SMILES string of the molecule is COc1cc(C)c(CNC(=O)C2CNC2)cc1OC. The van der Waals surface area contributed by atoms with Crippen molar-refractivity contribution in [2.24, 2.45) is 5.92 Å². The van der Waals surface area contributed by atoms with Crippen molar-refractivity contribution >= 4 is 5.91 Å². The molecule has 0 aromatic heterocycles. The third kappa shape index (κ3) is 2.98. The van der Waals surface area contributed by atoms with E-state index in [0.717, 1.165) is 24.2 Å². The predicted molar refractivity (Wildman–Crippen MR) is 72.5 cm³/mol. The Labute approximate surface area is 113 Å². The maximum Gasteiger partial charge on any atom is 0.225 e. The molecule has 2 N–H and O–H groups in total. The van der Waals surface area contributed by atoms with E-state index in [9.17, 15) is 4.79 Å². The van der Waals surface area contributed by atoms with Crippen LogP contribution < -0.4 is 20.1 Å². The molecule has 1 aliphatic heterocycles. The van der Waals surface area contributed by atoms with Crippen LogP contribution in [-0.2, 0) is 11.3 Å². The van der Waals surface area contributed by atoms with Gasteiger partial charge in [0.1, 0.15) is 0 Å². The summed E-state index contributed by atoms with van der Waals surface area (Å²) in [6, 6.07) is 3.83. The monoisotopic (exact) mass is 264 g/mol. The third-order valence-electron chi connectivity index (χ3n) is 3.45. The van der Waals surface area contributed by atoms with Gasteiger partial charge >= 0.3 is 0 Å². The Morgan fingerprint density at radius 1 is 1.32 bits per heavy atom. The van der Waals surface area contributed by atoms with E-state index in [2.05, 4.69) is 10.6 Å². The van der Waals surface area contributed by atoms with Gasteiger partial charge in [0.2, 0.25) is 5.91 Å². The van der Waals surface area contributed by atoms with Gasteiger partial charge in [0.05, 0.1) is 20.1 Å². The van der Waals surface area contributed by atoms with Crippen molar-refractivity contribution in [2.45, 2.75) is 13.5 Å². The van der Waals surface area contributed by atoms with Gasteiger partial charge in [-0.15, -0.1) is 0 Å². The lowest BCUT2D eigenvalue weighted by molar-refractivity contribution is -0.126. The number of amides is 1. The number of ether oxygens (including phenoxy) is 2. The van der Waals surface area contributed by atoms with Gasteiger partial charge in [-0.25, -0.2) is 0 Å². The van der Waals surface area contributed by atoms with Crippen LogP contribution in [0.1, 0.15) is 11.1 Å². The molecule has 2 rings (SSSR count). The standard InChI is InChI=1S/C14H20N2O3/c1-9-4-12(18-2)13(19-3)5-10(9)8-16-14(17)11-6-15-7-11/h4-5,11,15H,6-8H2,1-3H3,(H,16,17). The number of nitrogens with one attached hydrogen (secondary N) is 2. The number of rotatable bonds is 5. The second-order valence-corrected chi connectivity index (χ2v) is 4.71. The number of hydrogen-bond donors (Lipinski definition) is 2. The van der Waals surface area contributed by atoms with Crippen molar-refractivity contribution in [3.63, 3.8) is 0 Å². The van der Waals surface area contributed by atoms with Crippen molar-refractivity contribution in [2.75, 3.05) is 27.3 Å². The molecule has 104 valence electrons. The molecule has 1 heterocycles. The molecule has 19 heavy (non-hydrogen) atoms. The van der Waals surface area contributed by atoms with Gasteiger partial charge < -0.3 is 20.1 Å². The molecule has 0 aliphatic carbocycles. The fourth-order valence-electron chi connectivity index (χ4n) is 2.01. The largest absolute Gasteiger partial charge is 0.493 e. The summed E-state index contributed by atoms with van der Waals surface area (Å²) >= 11 is 0. The lowest BCUT2D eigenvalue weighted by atomic mass is 10.0. The molecule has 1 saturated heterocycles. The highest BCUT2D eigenvalue weighted by molar-refractivity contribution is 5.80. The summed E-state index contributed by atoms with van der Waals surface area (Å²) in [5.41, 5.74) is 2.11. The third-order valence-corrected chi connectivity index (χ3v) is 3.45. The summed E-state index contributed by atoms with van der Waals surface area (Å²) in [7, 11) is 3.22. The van der Waals surface area contributed by atoms with Crippen molar-refractivity contribution in [1.29, 1.82) is 0 Å². The van der Waals surface area contributed by atoms with Crippen LogP contribution in [0.5, 0.6) is 11.5 Å². The van der Waals surface area contributed by atoms with Crippen molar-refractivity contribution < 1.29 is 14.3 Å². The van der Waals surface area contributed by atoms with Crippen LogP contribution in [0.15, 0.2) is 12.1 Å². The Morgan fingerprint density at radius 3 is 2.47 bits per heavy atom. The van der Waals surface area contributed by atoms with Crippen LogP contribution in [0.25, 0.3) is 0 Å². The van der Waals surface area contributed by atoms with Gasteiger partial charge in [-0.3, -0.25) is 4.79 Å². The average Bonchev–Trinajstić information content (AvgIpc) is 2.34. The Hall–Kier alpha value is -1.75. The Morgan fingerprint density at radius 2 is 1.95 bits per heavy atom. The number of methoxy groups -OCH3 is 2. The minimum atomic E-state index is 0.105. The normalized spacial score (nSPS) is 14.7. The summed E-state index contributed by atoms with van der Waals surface area (Å²) in [5, 5.41) is 6.04. The fraction of sp³-hybridized carbons (Fsp3) is 0.500. The summed E-state index contributed by atoms with van der Waals surface area (Å²) in [6.45, 7) is 4.06. The van der Waals surface area contributed by atoms with E-state index >= 15 is 0 Å². The molecule has 5 heteroatoms. The first-order chi connectivity index (χ1) is 9.15. The van der Waals surface area contributed by atoms with Gasteiger partial charge in [0, 0.05) is 19.6 Å². The van der Waals surface area contributed by atoms with Gasteiger partial charge in [-0.1, -0.05) is 0 Å². The van der Waals surface area contributed by atoms with Crippen LogP contribution in [0.2, 0.25) is 0 Å². The molecule has 0 atom stereocenters. The molecule has 0 spiro atoms. The molecule has 0 unspecified atom stereocenters. The molecule has 0 radical (unpaired) electrons.